The molecule has 1 heterocycles. The van der Waals surface area contributed by atoms with E-state index in [1.807, 2.05) is 12.3 Å². The Kier molecular flexibility index (Phi) is 6.57. The van der Waals surface area contributed by atoms with Crippen LogP contribution in [-0.2, 0) is 0 Å². The van der Waals surface area contributed by atoms with Gasteiger partial charge in [0.25, 0.3) is 0 Å². The first-order valence-corrected chi connectivity index (χ1v) is 11.8. The fourth-order valence-electron chi connectivity index (χ4n) is 3.55. The third kappa shape index (κ3) is 4.78. The molecule has 0 aliphatic rings. The molecule has 3 heteroatoms. The van der Waals surface area contributed by atoms with Crippen molar-refractivity contribution in [2.24, 2.45) is 0 Å². The Morgan fingerprint density at radius 2 is 1.23 bits per heavy atom. The highest BCUT2D eigenvalue weighted by Gasteiger charge is 2.27. The van der Waals surface area contributed by atoms with Crippen molar-refractivity contribution in [3.63, 3.8) is 0 Å². The van der Waals surface area contributed by atoms with E-state index in [0.29, 0.717) is 5.92 Å². The SMILES string of the molecule is CC(C)c1ccc(NC(c2ccccn2)P(c2ccccc2)c2ccccc2)cc1. The molecule has 0 aliphatic heterocycles. The van der Waals surface area contributed by atoms with Crippen LogP contribution in [0.5, 0.6) is 0 Å². The zero-order valence-electron chi connectivity index (χ0n) is 17.4. The molecule has 1 unspecified atom stereocenters. The molecule has 150 valence electrons. The van der Waals surface area contributed by atoms with Crippen LogP contribution in [0.4, 0.5) is 5.69 Å². The quantitative estimate of drug-likeness (QED) is 0.354. The number of aromatic nitrogens is 1. The fourth-order valence-corrected chi connectivity index (χ4v) is 6.13. The molecule has 0 amide bonds. The molecule has 0 fully saturated rings. The molecular weight excluding hydrogens is 383 g/mol. The van der Waals surface area contributed by atoms with E-state index in [-0.39, 0.29) is 5.78 Å². The molecule has 0 aliphatic carbocycles. The predicted molar refractivity (Wildman–Crippen MR) is 130 cm³/mol. The molecule has 0 bridgehead atoms. The van der Waals surface area contributed by atoms with E-state index in [2.05, 4.69) is 116 Å². The average Bonchev–Trinajstić information content (AvgIpc) is 2.81. The number of rotatable bonds is 7. The highest BCUT2D eigenvalue weighted by atomic mass is 31.1. The Bertz CT molecular complexity index is 993. The largest absolute Gasteiger partial charge is 0.372 e. The van der Waals surface area contributed by atoms with Crippen LogP contribution < -0.4 is 15.9 Å². The van der Waals surface area contributed by atoms with Gasteiger partial charge >= 0.3 is 0 Å². The second-order valence-electron chi connectivity index (χ2n) is 7.62. The molecule has 1 aromatic heterocycles. The zero-order valence-corrected chi connectivity index (χ0v) is 18.3. The first-order chi connectivity index (χ1) is 14.7. The second-order valence-corrected chi connectivity index (χ2v) is 9.91. The summed E-state index contributed by atoms with van der Waals surface area (Å²) < 4.78 is 0. The van der Waals surface area contributed by atoms with Gasteiger partial charge in [0, 0.05) is 11.9 Å². The molecule has 0 radical (unpaired) electrons. The van der Waals surface area contributed by atoms with E-state index in [1.54, 1.807) is 0 Å². The van der Waals surface area contributed by atoms with Crippen molar-refractivity contribution >= 4 is 24.2 Å². The summed E-state index contributed by atoms with van der Waals surface area (Å²) in [6, 6.07) is 36.6. The topological polar surface area (TPSA) is 24.9 Å². The average molecular weight is 411 g/mol. The summed E-state index contributed by atoms with van der Waals surface area (Å²) in [5.74, 6) is 0.590. The fraction of sp³-hybridized carbons (Fsp3) is 0.148. The molecule has 3 aromatic carbocycles. The van der Waals surface area contributed by atoms with E-state index >= 15 is 0 Å². The lowest BCUT2D eigenvalue weighted by Gasteiger charge is -2.30. The minimum Gasteiger partial charge on any atom is -0.372 e. The van der Waals surface area contributed by atoms with E-state index in [9.17, 15) is 0 Å². The molecule has 1 atom stereocenters. The van der Waals surface area contributed by atoms with Gasteiger partial charge in [-0.05, 0) is 54.3 Å². The minimum atomic E-state index is -0.708. The number of nitrogens with zero attached hydrogens (tertiary/aromatic N) is 1. The third-order valence-electron chi connectivity index (χ3n) is 5.18. The first-order valence-electron chi connectivity index (χ1n) is 10.4. The van der Waals surface area contributed by atoms with Gasteiger partial charge < -0.3 is 5.32 Å². The molecule has 0 saturated carbocycles. The Morgan fingerprint density at radius 3 is 1.73 bits per heavy atom. The van der Waals surface area contributed by atoms with Gasteiger partial charge in [0.2, 0.25) is 0 Å². The lowest BCUT2D eigenvalue weighted by molar-refractivity contribution is 0.866. The van der Waals surface area contributed by atoms with E-state index in [0.717, 1.165) is 11.4 Å². The van der Waals surface area contributed by atoms with Gasteiger partial charge in [-0.15, -0.1) is 0 Å². The maximum atomic E-state index is 4.75. The summed E-state index contributed by atoms with van der Waals surface area (Å²) in [5.41, 5.74) is 3.53. The monoisotopic (exact) mass is 410 g/mol. The highest BCUT2D eigenvalue weighted by molar-refractivity contribution is 7.73. The van der Waals surface area contributed by atoms with E-state index in [4.69, 9.17) is 4.98 Å². The summed E-state index contributed by atoms with van der Waals surface area (Å²) in [6.45, 7) is 4.45. The van der Waals surface area contributed by atoms with Crippen molar-refractivity contribution in [3.8, 4) is 0 Å². The van der Waals surface area contributed by atoms with Crippen LogP contribution in [0.3, 0.4) is 0 Å². The molecule has 4 rings (SSSR count). The van der Waals surface area contributed by atoms with Gasteiger partial charge in [-0.2, -0.15) is 0 Å². The summed E-state index contributed by atoms with van der Waals surface area (Å²) in [6.07, 6.45) is 1.88. The molecule has 4 aromatic rings. The number of hydrogen-bond acceptors (Lipinski definition) is 2. The number of benzene rings is 3. The number of pyridine rings is 1. The Morgan fingerprint density at radius 1 is 0.667 bits per heavy atom. The van der Waals surface area contributed by atoms with Gasteiger partial charge in [0.05, 0.1) is 11.5 Å². The Hall–Kier alpha value is -2.96. The standard InChI is InChI=1S/C27H27N2P/c1-21(2)22-16-18-23(19-17-22)29-27(26-15-9-10-20-28-26)30(24-11-5-3-6-12-24)25-13-7-4-8-14-25/h3-21,27,29H,1-2H3. The van der Waals surface area contributed by atoms with Crippen molar-refractivity contribution in [2.45, 2.75) is 25.5 Å². The van der Waals surface area contributed by atoms with Gasteiger partial charge in [0.15, 0.2) is 0 Å². The van der Waals surface area contributed by atoms with Crippen LogP contribution in [0.25, 0.3) is 0 Å². The second kappa shape index (κ2) is 9.69. The van der Waals surface area contributed by atoms with Gasteiger partial charge in [0.1, 0.15) is 0 Å². The summed E-state index contributed by atoms with van der Waals surface area (Å²) >= 11 is 0. The molecule has 0 spiro atoms. The minimum absolute atomic E-state index is 0.0656. The molecule has 30 heavy (non-hydrogen) atoms. The molecule has 2 nitrogen and oxygen atoms in total. The molecule has 1 N–H and O–H groups in total. The van der Waals surface area contributed by atoms with Gasteiger partial charge in [-0.25, -0.2) is 0 Å². The molecule has 0 saturated heterocycles. The maximum absolute atomic E-state index is 4.75. The lowest BCUT2D eigenvalue weighted by atomic mass is 10.0. The predicted octanol–water partition coefficient (Wildman–Crippen LogP) is 6.45. The number of nitrogens with one attached hydrogen (secondary N) is 1. The van der Waals surface area contributed by atoms with Crippen LogP contribution in [0, 0.1) is 0 Å². The first kappa shape index (κ1) is 20.3. The third-order valence-corrected chi connectivity index (χ3v) is 7.79. The van der Waals surface area contributed by atoms with Crippen molar-refractivity contribution in [2.75, 3.05) is 5.32 Å². The van der Waals surface area contributed by atoms with Crippen LogP contribution in [-0.4, -0.2) is 4.98 Å². The van der Waals surface area contributed by atoms with Gasteiger partial charge in [-0.1, -0.05) is 92.7 Å². The number of hydrogen-bond donors (Lipinski definition) is 1. The summed E-state index contributed by atoms with van der Waals surface area (Å²) in [4.78, 5) is 4.75. The zero-order chi connectivity index (χ0) is 20.8. The van der Waals surface area contributed by atoms with E-state index < -0.39 is 7.92 Å². The summed E-state index contributed by atoms with van der Waals surface area (Å²) in [5, 5.41) is 6.49. The maximum Gasteiger partial charge on any atom is 0.0964 e. The highest BCUT2D eigenvalue weighted by Crippen LogP contribution is 2.49. The van der Waals surface area contributed by atoms with Crippen molar-refractivity contribution in [3.05, 3.63) is 121 Å². The van der Waals surface area contributed by atoms with Crippen LogP contribution in [0.1, 0.15) is 36.8 Å². The van der Waals surface area contributed by atoms with Crippen LogP contribution in [0.15, 0.2) is 109 Å². The van der Waals surface area contributed by atoms with Crippen LogP contribution in [0.2, 0.25) is 0 Å². The normalized spacial score (nSPS) is 12.1. The lowest BCUT2D eigenvalue weighted by Crippen LogP contribution is -2.22. The Balaban J connectivity index is 1.78. The smallest absolute Gasteiger partial charge is 0.0964 e. The summed E-state index contributed by atoms with van der Waals surface area (Å²) in [7, 11) is -0.708. The van der Waals surface area contributed by atoms with Crippen molar-refractivity contribution in [1.82, 2.24) is 4.98 Å². The van der Waals surface area contributed by atoms with Crippen LogP contribution >= 0.6 is 7.92 Å². The van der Waals surface area contributed by atoms with Crippen molar-refractivity contribution < 1.29 is 0 Å². The van der Waals surface area contributed by atoms with E-state index in [1.165, 1.54) is 16.2 Å². The Labute approximate surface area is 180 Å². The van der Waals surface area contributed by atoms with Crippen molar-refractivity contribution in [1.29, 1.82) is 0 Å². The number of anilines is 1. The van der Waals surface area contributed by atoms with Gasteiger partial charge in [-0.3, -0.25) is 4.98 Å². The molecular formula is C27H27N2P.